The van der Waals surface area contributed by atoms with E-state index in [1.807, 2.05) is 12.1 Å². The summed E-state index contributed by atoms with van der Waals surface area (Å²) >= 11 is 0. The first-order chi connectivity index (χ1) is 16.7. The standard InChI is InChI=1S/C29H30N2O3/c1-33-21-11-13-25(34-2)24(16-21)31-29(32)20-10-12-23-22(15-20)26-18-8-9-19(14-18)27(26)28(30-23)17-6-4-3-5-7-17/h3-7,10-13,15-16,18-19,26-28,30H,8-9,14H2,1-2H3,(H,31,32)/t18-,19-,26+,27-,28+/m0/s1. The van der Waals surface area contributed by atoms with E-state index in [9.17, 15) is 4.79 Å². The van der Waals surface area contributed by atoms with Gasteiger partial charge in [0.25, 0.3) is 5.91 Å². The molecule has 5 nitrogen and oxygen atoms in total. The average Bonchev–Trinajstić information content (AvgIpc) is 3.51. The molecule has 0 radical (unpaired) electrons. The summed E-state index contributed by atoms with van der Waals surface area (Å²) in [6.45, 7) is 0. The monoisotopic (exact) mass is 454 g/mol. The lowest BCUT2D eigenvalue weighted by atomic mass is 9.68. The minimum absolute atomic E-state index is 0.140. The quantitative estimate of drug-likeness (QED) is 0.478. The van der Waals surface area contributed by atoms with Crippen molar-refractivity contribution in [2.75, 3.05) is 24.9 Å². The average molecular weight is 455 g/mol. The molecule has 0 aromatic heterocycles. The van der Waals surface area contributed by atoms with Crippen LogP contribution < -0.4 is 20.1 Å². The molecule has 2 aliphatic carbocycles. The lowest BCUT2D eigenvalue weighted by molar-refractivity contribution is 0.102. The summed E-state index contributed by atoms with van der Waals surface area (Å²) in [5.41, 5.74) is 5.10. The maximum absolute atomic E-state index is 13.3. The molecule has 2 saturated carbocycles. The van der Waals surface area contributed by atoms with Crippen LogP contribution in [0, 0.1) is 17.8 Å². The van der Waals surface area contributed by atoms with E-state index < -0.39 is 0 Å². The number of carbonyl (C=O) groups excluding carboxylic acids is 1. The Morgan fingerprint density at radius 2 is 1.76 bits per heavy atom. The van der Waals surface area contributed by atoms with Gasteiger partial charge < -0.3 is 20.1 Å². The number of anilines is 2. The van der Waals surface area contributed by atoms with Crippen LogP contribution in [0.3, 0.4) is 0 Å². The second-order valence-corrected chi connectivity index (χ2v) is 9.79. The van der Waals surface area contributed by atoms with Gasteiger partial charge in [-0.1, -0.05) is 30.3 Å². The Balaban J connectivity index is 1.33. The van der Waals surface area contributed by atoms with Crippen molar-refractivity contribution < 1.29 is 14.3 Å². The van der Waals surface area contributed by atoms with Gasteiger partial charge in [0.15, 0.2) is 0 Å². The molecular formula is C29H30N2O3. The number of hydrogen-bond acceptors (Lipinski definition) is 4. The molecule has 3 aliphatic rings. The lowest BCUT2D eigenvalue weighted by Gasteiger charge is -2.43. The van der Waals surface area contributed by atoms with Crippen molar-refractivity contribution in [3.8, 4) is 11.5 Å². The molecule has 3 aromatic rings. The molecule has 0 spiro atoms. The highest BCUT2D eigenvalue weighted by atomic mass is 16.5. The van der Waals surface area contributed by atoms with Gasteiger partial charge >= 0.3 is 0 Å². The normalized spacial score (nSPS) is 26.2. The fraction of sp³-hybridized carbons (Fsp3) is 0.345. The van der Waals surface area contributed by atoms with Crippen LogP contribution in [0.1, 0.15) is 52.7 Å². The van der Waals surface area contributed by atoms with Gasteiger partial charge in [0.05, 0.1) is 25.9 Å². The molecule has 1 aliphatic heterocycles. The second-order valence-electron chi connectivity index (χ2n) is 9.79. The van der Waals surface area contributed by atoms with E-state index in [0.29, 0.717) is 46.5 Å². The van der Waals surface area contributed by atoms with Gasteiger partial charge in [0, 0.05) is 17.3 Å². The molecule has 3 aromatic carbocycles. The first-order valence-electron chi connectivity index (χ1n) is 12.1. The summed E-state index contributed by atoms with van der Waals surface area (Å²) in [4.78, 5) is 13.3. The molecule has 1 heterocycles. The molecule has 174 valence electrons. The maximum Gasteiger partial charge on any atom is 0.255 e. The number of rotatable bonds is 5. The predicted molar refractivity (Wildman–Crippen MR) is 134 cm³/mol. The molecule has 34 heavy (non-hydrogen) atoms. The van der Waals surface area contributed by atoms with E-state index in [-0.39, 0.29) is 5.91 Å². The summed E-state index contributed by atoms with van der Waals surface area (Å²) in [6, 6.07) is 22.7. The van der Waals surface area contributed by atoms with Crippen molar-refractivity contribution in [2.24, 2.45) is 17.8 Å². The molecule has 5 heteroatoms. The van der Waals surface area contributed by atoms with Crippen LogP contribution in [0.4, 0.5) is 11.4 Å². The summed E-state index contributed by atoms with van der Waals surface area (Å²) in [7, 11) is 3.21. The van der Waals surface area contributed by atoms with Crippen LogP contribution in [0.25, 0.3) is 0 Å². The van der Waals surface area contributed by atoms with Crippen molar-refractivity contribution in [2.45, 2.75) is 31.2 Å². The van der Waals surface area contributed by atoms with Crippen molar-refractivity contribution >= 4 is 17.3 Å². The van der Waals surface area contributed by atoms with Crippen LogP contribution in [-0.2, 0) is 0 Å². The van der Waals surface area contributed by atoms with Crippen molar-refractivity contribution in [1.29, 1.82) is 0 Å². The third-order valence-electron chi connectivity index (χ3n) is 8.16. The number of hydrogen-bond donors (Lipinski definition) is 2. The summed E-state index contributed by atoms with van der Waals surface area (Å²) in [5.74, 6) is 3.66. The number of benzene rings is 3. The van der Waals surface area contributed by atoms with E-state index in [1.165, 1.54) is 30.4 Å². The Kier molecular flexibility index (Phi) is 5.20. The van der Waals surface area contributed by atoms with Gasteiger partial charge in [0.2, 0.25) is 0 Å². The third kappa shape index (κ3) is 3.42. The smallest absolute Gasteiger partial charge is 0.255 e. The summed E-state index contributed by atoms with van der Waals surface area (Å²) in [6.07, 6.45) is 3.92. The van der Waals surface area contributed by atoms with Gasteiger partial charge in [0.1, 0.15) is 11.5 Å². The minimum atomic E-state index is -0.140. The van der Waals surface area contributed by atoms with E-state index in [4.69, 9.17) is 9.47 Å². The number of carbonyl (C=O) groups is 1. The van der Waals surface area contributed by atoms with Crippen LogP contribution >= 0.6 is 0 Å². The Labute approximate surface area is 200 Å². The van der Waals surface area contributed by atoms with Crippen LogP contribution in [-0.4, -0.2) is 20.1 Å². The van der Waals surface area contributed by atoms with Crippen LogP contribution in [0.2, 0.25) is 0 Å². The van der Waals surface area contributed by atoms with Crippen molar-refractivity contribution in [3.05, 3.63) is 83.4 Å². The largest absolute Gasteiger partial charge is 0.497 e. The highest BCUT2D eigenvalue weighted by Crippen LogP contribution is 2.63. The molecule has 2 fully saturated rings. The predicted octanol–water partition coefficient (Wildman–Crippen LogP) is 6.25. The van der Waals surface area contributed by atoms with Gasteiger partial charge in [-0.3, -0.25) is 4.79 Å². The molecule has 1 amide bonds. The van der Waals surface area contributed by atoms with Crippen molar-refractivity contribution in [3.63, 3.8) is 0 Å². The zero-order chi connectivity index (χ0) is 23.2. The number of fused-ring (bicyclic) bond motifs is 7. The Bertz CT molecular complexity index is 1230. The summed E-state index contributed by atoms with van der Waals surface area (Å²) < 4.78 is 10.8. The minimum Gasteiger partial charge on any atom is -0.497 e. The fourth-order valence-electron chi connectivity index (χ4n) is 6.72. The van der Waals surface area contributed by atoms with Gasteiger partial charge in [-0.2, -0.15) is 0 Å². The number of amides is 1. The zero-order valence-electron chi connectivity index (χ0n) is 19.6. The van der Waals surface area contributed by atoms with Gasteiger partial charge in [-0.15, -0.1) is 0 Å². The molecule has 5 atom stereocenters. The lowest BCUT2D eigenvalue weighted by Crippen LogP contribution is -2.35. The maximum atomic E-state index is 13.3. The number of nitrogens with one attached hydrogen (secondary N) is 2. The first kappa shape index (κ1) is 21.1. The number of ether oxygens (including phenoxy) is 2. The van der Waals surface area contributed by atoms with Crippen molar-refractivity contribution in [1.82, 2.24) is 0 Å². The molecule has 0 saturated heterocycles. The van der Waals surface area contributed by atoms with E-state index in [2.05, 4.69) is 53.1 Å². The molecule has 6 rings (SSSR count). The van der Waals surface area contributed by atoms with E-state index >= 15 is 0 Å². The fourth-order valence-corrected chi connectivity index (χ4v) is 6.72. The highest BCUT2D eigenvalue weighted by molar-refractivity contribution is 6.05. The Hall–Kier alpha value is -3.47. The Morgan fingerprint density at radius 3 is 2.56 bits per heavy atom. The van der Waals surface area contributed by atoms with Gasteiger partial charge in [-0.05, 0) is 84.4 Å². The third-order valence-corrected chi connectivity index (χ3v) is 8.16. The van der Waals surface area contributed by atoms with Crippen LogP contribution in [0.15, 0.2) is 66.7 Å². The highest BCUT2D eigenvalue weighted by Gasteiger charge is 2.53. The zero-order valence-corrected chi connectivity index (χ0v) is 19.6. The second kappa shape index (κ2) is 8.39. The molecule has 0 unspecified atom stereocenters. The van der Waals surface area contributed by atoms with Crippen LogP contribution in [0.5, 0.6) is 11.5 Å². The molecule has 2 N–H and O–H groups in total. The van der Waals surface area contributed by atoms with E-state index in [1.54, 1.807) is 26.4 Å². The Morgan fingerprint density at radius 1 is 0.941 bits per heavy atom. The molecular weight excluding hydrogens is 424 g/mol. The first-order valence-corrected chi connectivity index (χ1v) is 12.1. The topological polar surface area (TPSA) is 59.6 Å². The SMILES string of the molecule is COc1ccc(OC)c(NC(=O)c2ccc3c(c2)[C@H]2[C@H]4CC[C@@H](C4)[C@@H]2[C@@H](c2ccccc2)N3)c1. The van der Waals surface area contributed by atoms with Gasteiger partial charge in [-0.25, -0.2) is 0 Å². The molecule has 2 bridgehead atoms. The van der Waals surface area contributed by atoms with E-state index in [0.717, 1.165) is 11.6 Å². The summed E-state index contributed by atoms with van der Waals surface area (Å²) in [5, 5.41) is 6.87. The number of methoxy groups -OCH3 is 2.